The average molecular weight is 274 g/mol. The van der Waals surface area contributed by atoms with Crippen molar-refractivity contribution in [2.75, 3.05) is 36.7 Å². The molecule has 0 unspecified atom stereocenters. The van der Waals surface area contributed by atoms with Crippen LogP contribution in [0.3, 0.4) is 0 Å². The largest absolute Gasteiger partial charge is 0.464 e. The van der Waals surface area contributed by atoms with Crippen molar-refractivity contribution >= 4 is 23.3 Å². The van der Waals surface area contributed by atoms with Gasteiger partial charge in [-0.25, -0.2) is 0 Å². The molecule has 7 nitrogen and oxygen atoms in total. The zero-order chi connectivity index (χ0) is 14.5. The maximum absolute atomic E-state index is 5.65. The highest BCUT2D eigenvalue weighted by atomic mass is 16.5. The minimum atomic E-state index is 0.119. The molecule has 3 N–H and O–H groups in total. The summed E-state index contributed by atoms with van der Waals surface area (Å²) in [6.07, 6.45) is 0. The van der Waals surface area contributed by atoms with E-state index in [0.717, 1.165) is 11.4 Å². The van der Waals surface area contributed by atoms with E-state index in [1.807, 2.05) is 50.2 Å². The number of anilines is 4. The first-order chi connectivity index (χ1) is 9.60. The van der Waals surface area contributed by atoms with Crippen LogP contribution in [-0.4, -0.2) is 35.7 Å². The molecule has 1 heterocycles. The lowest BCUT2D eigenvalue weighted by atomic mass is 10.2. The van der Waals surface area contributed by atoms with Crippen molar-refractivity contribution in [3.8, 4) is 6.01 Å². The summed E-state index contributed by atoms with van der Waals surface area (Å²) < 4.78 is 5.25. The molecule has 20 heavy (non-hydrogen) atoms. The first kappa shape index (κ1) is 13.9. The van der Waals surface area contributed by atoms with Gasteiger partial charge in [-0.15, -0.1) is 0 Å². The first-order valence-electron chi connectivity index (χ1n) is 6.28. The molecule has 7 heteroatoms. The predicted molar refractivity (Wildman–Crippen MR) is 79.5 cm³/mol. The van der Waals surface area contributed by atoms with E-state index in [1.54, 1.807) is 0 Å². The zero-order valence-corrected chi connectivity index (χ0v) is 11.8. The molecule has 0 amide bonds. The maximum Gasteiger partial charge on any atom is 0.323 e. The van der Waals surface area contributed by atoms with Crippen LogP contribution in [0.25, 0.3) is 0 Å². The number of hydrogen-bond acceptors (Lipinski definition) is 7. The third-order valence-electron chi connectivity index (χ3n) is 2.54. The van der Waals surface area contributed by atoms with Gasteiger partial charge in [0.25, 0.3) is 0 Å². The summed E-state index contributed by atoms with van der Waals surface area (Å²) in [6, 6.07) is 8.05. The molecular weight excluding hydrogens is 256 g/mol. The first-order valence-corrected chi connectivity index (χ1v) is 6.28. The molecule has 0 spiro atoms. The Balaban J connectivity index is 2.30. The highest BCUT2D eigenvalue weighted by Crippen LogP contribution is 2.26. The highest BCUT2D eigenvalue weighted by Gasteiger charge is 2.08. The number of ether oxygens (including phenoxy) is 1. The summed E-state index contributed by atoms with van der Waals surface area (Å²) in [5.74, 6) is 0.475. The molecule has 0 bridgehead atoms. The molecule has 1 aromatic carbocycles. The number of rotatable bonds is 5. The topological polar surface area (TPSA) is 89.2 Å². The molecule has 106 valence electrons. The smallest absolute Gasteiger partial charge is 0.323 e. The Morgan fingerprint density at radius 2 is 1.95 bits per heavy atom. The van der Waals surface area contributed by atoms with E-state index in [4.69, 9.17) is 10.5 Å². The molecule has 0 aliphatic heterocycles. The van der Waals surface area contributed by atoms with Crippen molar-refractivity contribution in [1.82, 2.24) is 15.0 Å². The Bertz CT molecular complexity index is 587. The number of aromatic nitrogens is 3. The minimum Gasteiger partial charge on any atom is -0.464 e. The summed E-state index contributed by atoms with van der Waals surface area (Å²) in [5, 5.41) is 3.13. The second kappa shape index (κ2) is 6.05. The normalized spacial score (nSPS) is 10.2. The molecule has 0 saturated heterocycles. The molecule has 0 fully saturated rings. The van der Waals surface area contributed by atoms with Crippen LogP contribution in [-0.2, 0) is 0 Å². The second-order valence-corrected chi connectivity index (χ2v) is 4.27. The summed E-state index contributed by atoms with van der Waals surface area (Å²) in [5.41, 5.74) is 7.55. The van der Waals surface area contributed by atoms with Crippen molar-refractivity contribution in [2.45, 2.75) is 6.92 Å². The van der Waals surface area contributed by atoms with E-state index < -0.39 is 0 Å². The van der Waals surface area contributed by atoms with Crippen molar-refractivity contribution in [2.24, 2.45) is 0 Å². The fourth-order valence-electron chi connectivity index (χ4n) is 1.71. The predicted octanol–water partition coefficient (Wildman–Crippen LogP) is 1.66. The van der Waals surface area contributed by atoms with E-state index in [0.29, 0.717) is 12.6 Å². The van der Waals surface area contributed by atoms with E-state index in [1.165, 1.54) is 0 Å². The summed E-state index contributed by atoms with van der Waals surface area (Å²) >= 11 is 0. The van der Waals surface area contributed by atoms with Gasteiger partial charge < -0.3 is 20.7 Å². The molecule has 0 atom stereocenters. The van der Waals surface area contributed by atoms with Gasteiger partial charge in [0, 0.05) is 14.1 Å². The van der Waals surface area contributed by atoms with Crippen LogP contribution in [0.5, 0.6) is 6.01 Å². The lowest BCUT2D eigenvalue weighted by Gasteiger charge is -2.17. The number of hydrogen-bond donors (Lipinski definition) is 2. The van der Waals surface area contributed by atoms with Crippen LogP contribution in [0.2, 0.25) is 0 Å². The Hall–Kier alpha value is -2.57. The lowest BCUT2D eigenvalue weighted by Crippen LogP contribution is -2.12. The SMILES string of the molecule is CCOc1nc(N)nc(Nc2ccccc2N(C)C)n1. The van der Waals surface area contributed by atoms with Crippen LogP contribution >= 0.6 is 0 Å². The highest BCUT2D eigenvalue weighted by molar-refractivity contribution is 5.73. The van der Waals surface area contributed by atoms with Gasteiger partial charge in [0.15, 0.2) is 0 Å². The average Bonchev–Trinajstić information content (AvgIpc) is 2.38. The molecule has 0 radical (unpaired) electrons. The number of nitrogens with two attached hydrogens (primary N) is 1. The number of benzene rings is 1. The fraction of sp³-hybridized carbons (Fsp3) is 0.308. The van der Waals surface area contributed by atoms with E-state index in [2.05, 4.69) is 20.3 Å². The summed E-state index contributed by atoms with van der Waals surface area (Å²) in [4.78, 5) is 14.1. The van der Waals surface area contributed by atoms with Crippen molar-refractivity contribution in [3.05, 3.63) is 24.3 Å². The summed E-state index contributed by atoms with van der Waals surface area (Å²) in [6.45, 7) is 2.33. The van der Waals surface area contributed by atoms with Gasteiger partial charge in [-0.1, -0.05) is 12.1 Å². The third kappa shape index (κ3) is 3.25. The van der Waals surface area contributed by atoms with Gasteiger partial charge in [0.2, 0.25) is 11.9 Å². The molecule has 0 saturated carbocycles. The van der Waals surface area contributed by atoms with Gasteiger partial charge in [-0.05, 0) is 19.1 Å². The number of nitrogens with zero attached hydrogens (tertiary/aromatic N) is 4. The van der Waals surface area contributed by atoms with E-state index >= 15 is 0 Å². The molecule has 2 aromatic rings. The Labute approximate surface area is 117 Å². The van der Waals surface area contributed by atoms with Crippen LogP contribution in [0.4, 0.5) is 23.3 Å². The lowest BCUT2D eigenvalue weighted by molar-refractivity contribution is 0.312. The van der Waals surface area contributed by atoms with Crippen LogP contribution in [0.1, 0.15) is 6.92 Å². The zero-order valence-electron chi connectivity index (χ0n) is 11.8. The van der Waals surface area contributed by atoms with E-state index in [9.17, 15) is 0 Å². The fourth-order valence-corrected chi connectivity index (χ4v) is 1.71. The molecule has 0 aliphatic rings. The summed E-state index contributed by atoms with van der Waals surface area (Å²) in [7, 11) is 3.93. The van der Waals surface area contributed by atoms with Crippen LogP contribution in [0.15, 0.2) is 24.3 Å². The van der Waals surface area contributed by atoms with Crippen molar-refractivity contribution < 1.29 is 4.74 Å². The molecule has 2 rings (SSSR count). The molecule has 1 aromatic heterocycles. The Morgan fingerprint density at radius 1 is 1.20 bits per heavy atom. The Kier molecular flexibility index (Phi) is 4.19. The van der Waals surface area contributed by atoms with Crippen molar-refractivity contribution in [1.29, 1.82) is 0 Å². The quantitative estimate of drug-likeness (QED) is 0.857. The number of para-hydroxylation sites is 2. The Morgan fingerprint density at radius 3 is 2.65 bits per heavy atom. The molecule has 0 aliphatic carbocycles. The van der Waals surface area contributed by atoms with E-state index in [-0.39, 0.29) is 12.0 Å². The standard InChI is InChI=1S/C13H18N6O/c1-4-20-13-17-11(14)16-12(18-13)15-9-7-5-6-8-10(9)19(2)3/h5-8H,4H2,1-3H3,(H3,14,15,16,17,18). The van der Waals surface area contributed by atoms with Gasteiger partial charge in [-0.2, -0.15) is 15.0 Å². The van der Waals surface area contributed by atoms with Gasteiger partial charge in [-0.3, -0.25) is 0 Å². The third-order valence-corrected chi connectivity index (χ3v) is 2.54. The van der Waals surface area contributed by atoms with Crippen LogP contribution < -0.4 is 20.7 Å². The van der Waals surface area contributed by atoms with Gasteiger partial charge >= 0.3 is 6.01 Å². The molecular formula is C13H18N6O. The monoisotopic (exact) mass is 274 g/mol. The van der Waals surface area contributed by atoms with Crippen molar-refractivity contribution in [3.63, 3.8) is 0 Å². The number of nitrogen functional groups attached to an aromatic ring is 1. The minimum absolute atomic E-state index is 0.119. The number of nitrogens with one attached hydrogen (secondary N) is 1. The van der Waals surface area contributed by atoms with Gasteiger partial charge in [0.05, 0.1) is 18.0 Å². The van der Waals surface area contributed by atoms with Gasteiger partial charge in [0.1, 0.15) is 0 Å². The second-order valence-electron chi connectivity index (χ2n) is 4.27. The van der Waals surface area contributed by atoms with Crippen LogP contribution in [0, 0.1) is 0 Å². The maximum atomic E-state index is 5.65.